The minimum atomic E-state index is 1.05. The highest BCUT2D eigenvalue weighted by molar-refractivity contribution is 5.92. The van der Waals surface area contributed by atoms with E-state index in [-0.39, 0.29) is 0 Å². The van der Waals surface area contributed by atoms with Crippen LogP contribution in [-0.2, 0) is 12.8 Å². The van der Waals surface area contributed by atoms with Gasteiger partial charge in [-0.15, -0.1) is 0 Å². The zero-order chi connectivity index (χ0) is 25.3. The zero-order valence-electron chi connectivity index (χ0n) is 21.5. The van der Waals surface area contributed by atoms with Gasteiger partial charge in [-0.2, -0.15) is 4.57 Å². The zero-order valence-corrected chi connectivity index (χ0v) is 21.5. The van der Waals surface area contributed by atoms with Crippen LogP contribution in [0.2, 0.25) is 0 Å². The third-order valence-corrected chi connectivity index (χ3v) is 7.88. The molecule has 5 aromatic rings. The van der Waals surface area contributed by atoms with Gasteiger partial charge in [0.1, 0.15) is 0 Å². The minimum absolute atomic E-state index is 1.05. The van der Waals surface area contributed by atoms with Crippen molar-refractivity contribution in [2.24, 2.45) is 0 Å². The SMILES string of the molecule is C(=C1/CCc2c(-c3ccccc3)c3c([n+](-c4ccccc4)c21)/C(=C/c1ccccc1)CC3)/c1ccccc1. The summed E-state index contributed by atoms with van der Waals surface area (Å²) >= 11 is 0. The molecular weight excluding hydrogens is 458 g/mol. The lowest BCUT2D eigenvalue weighted by Gasteiger charge is -2.16. The molecule has 1 heterocycles. The average molecular weight is 489 g/mol. The number of hydrogen-bond acceptors (Lipinski definition) is 0. The summed E-state index contributed by atoms with van der Waals surface area (Å²) in [4.78, 5) is 0. The van der Waals surface area contributed by atoms with Gasteiger partial charge in [0.25, 0.3) is 0 Å². The van der Waals surface area contributed by atoms with E-state index in [1.165, 1.54) is 61.6 Å². The quantitative estimate of drug-likeness (QED) is 0.223. The summed E-state index contributed by atoms with van der Waals surface area (Å²) in [5.41, 5.74) is 15.1. The Hall–Kier alpha value is -4.49. The molecular formula is C37H30N+. The highest BCUT2D eigenvalue weighted by Crippen LogP contribution is 2.46. The summed E-state index contributed by atoms with van der Waals surface area (Å²) in [6.45, 7) is 0. The molecule has 2 aliphatic rings. The molecule has 0 atom stereocenters. The molecule has 0 amide bonds. The first-order valence-corrected chi connectivity index (χ1v) is 13.6. The Labute approximate surface area is 225 Å². The van der Waals surface area contributed by atoms with E-state index in [0.717, 1.165) is 25.7 Å². The Morgan fingerprint density at radius 3 is 1.34 bits per heavy atom. The van der Waals surface area contributed by atoms with Crippen LogP contribution in [0, 0.1) is 0 Å². The molecule has 7 rings (SSSR count). The molecule has 182 valence electrons. The molecule has 4 aromatic carbocycles. The van der Waals surface area contributed by atoms with Crippen LogP contribution in [-0.4, -0.2) is 0 Å². The summed E-state index contributed by atoms with van der Waals surface area (Å²) < 4.78 is 2.58. The predicted octanol–water partition coefficient (Wildman–Crippen LogP) is 8.60. The molecule has 0 unspecified atom stereocenters. The maximum atomic E-state index is 2.58. The molecule has 0 saturated carbocycles. The first-order chi connectivity index (χ1) is 18.9. The Kier molecular flexibility index (Phi) is 5.83. The monoisotopic (exact) mass is 488 g/mol. The van der Waals surface area contributed by atoms with Gasteiger partial charge in [0.15, 0.2) is 0 Å². The van der Waals surface area contributed by atoms with Gasteiger partial charge in [-0.3, -0.25) is 0 Å². The number of nitrogens with zero attached hydrogens (tertiary/aromatic N) is 1. The van der Waals surface area contributed by atoms with Crippen LogP contribution in [0.1, 0.15) is 46.5 Å². The number of fused-ring (bicyclic) bond motifs is 2. The van der Waals surface area contributed by atoms with Gasteiger partial charge < -0.3 is 0 Å². The number of benzene rings is 4. The number of rotatable bonds is 4. The Morgan fingerprint density at radius 1 is 0.447 bits per heavy atom. The third-order valence-electron chi connectivity index (χ3n) is 7.88. The van der Waals surface area contributed by atoms with Crippen molar-refractivity contribution in [1.29, 1.82) is 0 Å². The van der Waals surface area contributed by atoms with Gasteiger partial charge in [-0.1, -0.05) is 109 Å². The molecule has 1 heteroatoms. The van der Waals surface area contributed by atoms with E-state index >= 15 is 0 Å². The topological polar surface area (TPSA) is 3.88 Å². The second kappa shape index (κ2) is 9.76. The van der Waals surface area contributed by atoms with Gasteiger partial charge in [0, 0.05) is 40.0 Å². The van der Waals surface area contributed by atoms with E-state index in [1.807, 2.05) is 0 Å². The van der Waals surface area contributed by atoms with Gasteiger partial charge in [0.05, 0.1) is 0 Å². The fraction of sp³-hybridized carbons (Fsp3) is 0.108. The number of pyridine rings is 1. The lowest BCUT2D eigenvalue weighted by molar-refractivity contribution is -0.600. The van der Waals surface area contributed by atoms with Crippen LogP contribution in [0.3, 0.4) is 0 Å². The first-order valence-electron chi connectivity index (χ1n) is 13.6. The van der Waals surface area contributed by atoms with Crippen molar-refractivity contribution in [1.82, 2.24) is 0 Å². The number of hydrogen-bond donors (Lipinski definition) is 0. The molecule has 1 aromatic heterocycles. The van der Waals surface area contributed by atoms with E-state index in [0.29, 0.717) is 0 Å². The van der Waals surface area contributed by atoms with Crippen LogP contribution in [0.25, 0.3) is 40.1 Å². The Balaban J connectivity index is 1.58. The highest BCUT2D eigenvalue weighted by atomic mass is 15.0. The second-order valence-corrected chi connectivity index (χ2v) is 10.2. The highest BCUT2D eigenvalue weighted by Gasteiger charge is 2.40. The summed E-state index contributed by atoms with van der Waals surface area (Å²) in [6.07, 6.45) is 9.05. The Bertz CT molecular complexity index is 1570. The van der Waals surface area contributed by atoms with Crippen molar-refractivity contribution in [3.63, 3.8) is 0 Å². The van der Waals surface area contributed by atoms with Crippen molar-refractivity contribution in [3.05, 3.63) is 155 Å². The van der Waals surface area contributed by atoms with Gasteiger partial charge in [-0.25, -0.2) is 0 Å². The molecule has 1 nitrogen and oxygen atoms in total. The van der Waals surface area contributed by atoms with Crippen molar-refractivity contribution in [3.8, 4) is 16.8 Å². The summed E-state index contributed by atoms with van der Waals surface area (Å²) in [5, 5.41) is 0. The van der Waals surface area contributed by atoms with E-state index in [1.54, 1.807) is 0 Å². The smallest absolute Gasteiger partial charge is 0.153 e. The van der Waals surface area contributed by atoms with Crippen molar-refractivity contribution < 1.29 is 4.57 Å². The first kappa shape index (κ1) is 22.7. The van der Waals surface area contributed by atoms with Crippen molar-refractivity contribution >= 4 is 23.3 Å². The molecule has 0 radical (unpaired) electrons. The van der Waals surface area contributed by atoms with Gasteiger partial charge >= 0.3 is 0 Å². The molecule has 0 aliphatic heterocycles. The van der Waals surface area contributed by atoms with E-state index in [4.69, 9.17) is 0 Å². The maximum absolute atomic E-state index is 2.58. The molecule has 0 bridgehead atoms. The standard InChI is InChI=1S/C37H30N/c1-5-13-27(14-6-1)25-30-21-23-33-35(29-17-9-3-10-18-29)34-24-22-31(26-28-15-7-2-8-16-28)37(34)38(36(30)33)32-19-11-4-12-20-32/h1-20,25-26H,21-24H2/q+1/b30-25+,31-26+. The van der Waals surface area contributed by atoms with Crippen molar-refractivity contribution in [2.45, 2.75) is 25.7 Å². The maximum Gasteiger partial charge on any atom is 0.218 e. The van der Waals surface area contributed by atoms with E-state index in [2.05, 4.69) is 138 Å². The fourth-order valence-electron chi connectivity index (χ4n) is 6.29. The second-order valence-electron chi connectivity index (χ2n) is 10.2. The summed E-state index contributed by atoms with van der Waals surface area (Å²) in [5.74, 6) is 0. The van der Waals surface area contributed by atoms with E-state index < -0.39 is 0 Å². The molecule has 0 fully saturated rings. The minimum Gasteiger partial charge on any atom is -0.153 e. The lowest BCUT2D eigenvalue weighted by atomic mass is 9.92. The lowest BCUT2D eigenvalue weighted by Crippen LogP contribution is -2.40. The van der Waals surface area contributed by atoms with Crippen LogP contribution in [0.15, 0.2) is 121 Å². The van der Waals surface area contributed by atoms with Gasteiger partial charge in [-0.05, 0) is 54.5 Å². The number of allylic oxidation sites excluding steroid dienone is 2. The van der Waals surface area contributed by atoms with Crippen LogP contribution < -0.4 is 4.57 Å². The largest absolute Gasteiger partial charge is 0.218 e. The third kappa shape index (κ3) is 4.01. The number of aromatic nitrogens is 1. The molecule has 2 aliphatic carbocycles. The van der Waals surface area contributed by atoms with Gasteiger partial charge in [0.2, 0.25) is 17.1 Å². The average Bonchev–Trinajstić information content (AvgIpc) is 3.58. The van der Waals surface area contributed by atoms with Crippen molar-refractivity contribution in [2.75, 3.05) is 0 Å². The van der Waals surface area contributed by atoms with Crippen LogP contribution in [0.4, 0.5) is 0 Å². The van der Waals surface area contributed by atoms with E-state index in [9.17, 15) is 0 Å². The number of para-hydroxylation sites is 1. The Morgan fingerprint density at radius 2 is 0.868 bits per heavy atom. The summed E-state index contributed by atoms with van der Waals surface area (Å²) in [7, 11) is 0. The molecule has 0 spiro atoms. The molecule has 0 saturated heterocycles. The summed E-state index contributed by atoms with van der Waals surface area (Å²) in [6, 6.07) is 43.6. The van der Waals surface area contributed by atoms with Crippen LogP contribution in [0.5, 0.6) is 0 Å². The normalized spacial score (nSPS) is 16.1. The predicted molar refractivity (Wildman–Crippen MR) is 159 cm³/mol. The molecule has 38 heavy (non-hydrogen) atoms. The van der Waals surface area contributed by atoms with Crippen LogP contribution >= 0.6 is 0 Å². The molecule has 0 N–H and O–H groups in total. The fourth-order valence-corrected chi connectivity index (χ4v) is 6.29.